The van der Waals surface area contributed by atoms with E-state index >= 15 is 0 Å². The molecule has 3 aromatic rings. The van der Waals surface area contributed by atoms with Gasteiger partial charge in [0.15, 0.2) is 0 Å². The average Bonchev–Trinajstić information content (AvgIpc) is 3.14. The number of carbonyl (C=O) groups excluding carboxylic acids is 2. The molecule has 0 aliphatic heterocycles. The quantitative estimate of drug-likeness (QED) is 0.268. The molecule has 13 heteroatoms. The van der Waals surface area contributed by atoms with Gasteiger partial charge in [0.2, 0.25) is 0 Å². The summed E-state index contributed by atoms with van der Waals surface area (Å²) in [5.41, 5.74) is 6.92. The Hall–Kier alpha value is -1.11. The molecule has 1 aromatic heterocycles. The molecule has 0 unspecified atom stereocenters. The Morgan fingerprint density at radius 3 is 2.08 bits per heavy atom. The smallest absolute Gasteiger partial charge is 0.870 e. The van der Waals surface area contributed by atoms with E-state index in [1.165, 1.54) is 23.5 Å². The Labute approximate surface area is 252 Å². The van der Waals surface area contributed by atoms with E-state index in [1.54, 1.807) is 39.0 Å². The van der Waals surface area contributed by atoms with E-state index < -0.39 is 7.15 Å². The van der Waals surface area contributed by atoms with E-state index in [-0.39, 0.29) is 58.5 Å². The van der Waals surface area contributed by atoms with E-state index in [9.17, 15) is 18.4 Å². The summed E-state index contributed by atoms with van der Waals surface area (Å²) in [6.07, 6.45) is 0. The largest absolute Gasteiger partial charge is 1.00 e. The maximum atomic E-state index is 12.4. The van der Waals surface area contributed by atoms with Crippen molar-refractivity contribution in [2.24, 2.45) is 0 Å². The number of carbonyl (C=O) groups is 2. The summed E-state index contributed by atoms with van der Waals surface area (Å²) in [6, 6.07) is 9.86. The number of hydrogen-bond donors (Lipinski definition) is 2. The SMILES string of the molecule is CCOC(=O)CS.CCOC(=O)c1sc2ccc(Cl)cc2c1N.Cc1cc(Cl)ccc1F.[2H]CF.[Na+].[OH-]. The van der Waals surface area contributed by atoms with Gasteiger partial charge in [0.25, 0.3) is 0 Å². The van der Waals surface area contributed by atoms with Crippen LogP contribution in [-0.2, 0) is 14.3 Å². The third-order valence-electron chi connectivity index (χ3n) is 3.70. The van der Waals surface area contributed by atoms with Gasteiger partial charge < -0.3 is 20.7 Å². The maximum Gasteiger partial charge on any atom is 1.00 e. The minimum Gasteiger partial charge on any atom is -0.870 e. The molecule has 36 heavy (non-hydrogen) atoms. The Morgan fingerprint density at radius 1 is 1.11 bits per heavy atom. The molecule has 3 N–H and O–H groups in total. The molecule has 1 heterocycles. The molecule has 0 bridgehead atoms. The first-order valence-corrected chi connectivity index (χ1v) is 11.9. The van der Waals surface area contributed by atoms with Crippen LogP contribution in [0.5, 0.6) is 0 Å². The molecular formula is C23H28Cl2F2NNaO5S2. The van der Waals surface area contributed by atoms with Crippen LogP contribution in [0.1, 0.15) is 30.5 Å². The van der Waals surface area contributed by atoms with Crippen molar-refractivity contribution in [1.29, 1.82) is 0 Å². The van der Waals surface area contributed by atoms with E-state index in [0.29, 0.717) is 39.4 Å². The molecule has 0 aliphatic rings. The molecule has 2 aromatic carbocycles. The van der Waals surface area contributed by atoms with E-state index in [2.05, 4.69) is 17.4 Å². The number of anilines is 1. The summed E-state index contributed by atoms with van der Waals surface area (Å²) in [7, 11) is -1.00. The summed E-state index contributed by atoms with van der Waals surface area (Å²) >= 11 is 16.4. The van der Waals surface area contributed by atoms with Crippen LogP contribution in [0, 0.1) is 12.7 Å². The van der Waals surface area contributed by atoms with Crippen molar-refractivity contribution < 1.29 is 64.2 Å². The predicted molar refractivity (Wildman–Crippen MR) is 143 cm³/mol. The maximum absolute atomic E-state index is 12.4. The number of fused-ring (bicyclic) bond motifs is 1. The van der Waals surface area contributed by atoms with Gasteiger partial charge in [-0.1, -0.05) is 23.2 Å². The molecule has 0 spiro atoms. The first kappa shape index (κ1) is 37.0. The summed E-state index contributed by atoms with van der Waals surface area (Å²) in [4.78, 5) is 22.2. The van der Waals surface area contributed by atoms with Gasteiger partial charge in [0.1, 0.15) is 10.7 Å². The summed E-state index contributed by atoms with van der Waals surface area (Å²) in [5.74, 6) is -0.670. The minimum absolute atomic E-state index is 0. The zero-order valence-electron chi connectivity index (χ0n) is 21.3. The second kappa shape index (κ2) is 21.9. The Morgan fingerprint density at radius 2 is 1.64 bits per heavy atom. The molecule has 0 amide bonds. The number of aryl methyl sites for hydroxylation is 1. The van der Waals surface area contributed by atoms with E-state index in [0.717, 1.165) is 10.1 Å². The zero-order chi connectivity index (χ0) is 27.0. The van der Waals surface area contributed by atoms with Crippen molar-refractivity contribution in [2.75, 3.05) is 31.9 Å². The fourth-order valence-electron chi connectivity index (χ4n) is 2.25. The number of alkyl halides is 1. The average molecular weight is 596 g/mol. The number of nitrogens with two attached hydrogens (primary N) is 1. The molecule has 0 saturated heterocycles. The topological polar surface area (TPSA) is 109 Å². The molecule has 0 saturated carbocycles. The van der Waals surface area contributed by atoms with E-state index in [4.69, 9.17) is 35.0 Å². The monoisotopic (exact) mass is 594 g/mol. The second-order valence-electron chi connectivity index (χ2n) is 6.06. The van der Waals surface area contributed by atoms with Crippen molar-refractivity contribution in [3.63, 3.8) is 0 Å². The van der Waals surface area contributed by atoms with Gasteiger partial charge in [-0.05, 0) is 62.7 Å². The number of rotatable bonds is 4. The minimum atomic E-state index is -1.00. The Bertz CT molecular complexity index is 1100. The number of thiophene rings is 1. The van der Waals surface area contributed by atoms with Crippen molar-refractivity contribution in [3.05, 3.63) is 62.7 Å². The van der Waals surface area contributed by atoms with Gasteiger partial charge in [-0.25, -0.2) is 9.18 Å². The first-order chi connectivity index (χ1) is 16.6. The van der Waals surface area contributed by atoms with Crippen LogP contribution in [0.3, 0.4) is 0 Å². The molecule has 0 radical (unpaired) electrons. The number of esters is 2. The number of halogens is 4. The molecule has 0 aliphatic carbocycles. The molecule has 0 atom stereocenters. The first-order valence-electron chi connectivity index (χ1n) is 10.4. The van der Waals surface area contributed by atoms with Crippen LogP contribution in [-0.4, -0.2) is 43.5 Å². The van der Waals surface area contributed by atoms with Gasteiger partial charge in [0.05, 0.1) is 33.2 Å². The van der Waals surface area contributed by atoms with Gasteiger partial charge in [0, 0.05) is 20.1 Å². The predicted octanol–water partition coefficient (Wildman–Crippen LogP) is 3.99. The van der Waals surface area contributed by atoms with Crippen LogP contribution in [0.2, 0.25) is 10.0 Å². The molecule has 196 valence electrons. The van der Waals surface area contributed by atoms with Crippen molar-refractivity contribution >= 4 is 74.9 Å². The van der Waals surface area contributed by atoms with Gasteiger partial charge in [-0.2, -0.15) is 12.6 Å². The Balaban J connectivity index is -0.000000473. The summed E-state index contributed by atoms with van der Waals surface area (Å²) in [6.45, 7) is 5.99. The number of nitrogen functional groups attached to an aromatic ring is 1. The molecule has 0 fully saturated rings. The molecule has 6 nitrogen and oxygen atoms in total. The fourth-order valence-corrected chi connectivity index (χ4v) is 3.74. The van der Waals surface area contributed by atoms with Crippen LogP contribution >= 0.6 is 47.2 Å². The van der Waals surface area contributed by atoms with Gasteiger partial charge >= 0.3 is 41.5 Å². The molecule has 3 rings (SSSR count). The van der Waals surface area contributed by atoms with Crippen LogP contribution in [0.4, 0.5) is 14.5 Å². The second-order valence-corrected chi connectivity index (χ2v) is 8.30. The number of ether oxygens (including phenoxy) is 2. The van der Waals surface area contributed by atoms with E-state index in [1.807, 2.05) is 6.07 Å². The van der Waals surface area contributed by atoms with Crippen molar-refractivity contribution in [3.8, 4) is 0 Å². The number of thiol groups is 1. The third-order valence-corrected chi connectivity index (χ3v) is 5.60. The standard InChI is InChI=1S/C11H10ClNO2S.C7H6ClF.C4H8O2S.CH3F.Na.H2O/c1-2-15-11(14)10-9(13)7-5-6(12)3-4-8(7)16-10;1-5-4-6(8)2-3-7(5)9;1-2-6-4(5)3-7;1-2;;/h3-5H,2,13H2,1H3;2-4H,1H3;7H,2-3H2,1H3;1H3;;1H2/q;;;;+1;/p-1/i;;;1D;;. The van der Waals surface area contributed by atoms with Crippen molar-refractivity contribution in [1.82, 2.24) is 0 Å². The fraction of sp³-hybridized carbons (Fsp3) is 0.304. The number of hydrogen-bond acceptors (Lipinski definition) is 8. The normalized spacial score (nSPS) is 9.28. The zero-order valence-corrected chi connectivity index (χ0v) is 25.5. The van der Waals surface area contributed by atoms with Gasteiger partial charge in [-0.3, -0.25) is 9.18 Å². The van der Waals surface area contributed by atoms with Crippen LogP contribution in [0.25, 0.3) is 10.1 Å². The third kappa shape index (κ3) is 14.0. The Kier molecular flexibility index (Phi) is 22.6. The van der Waals surface area contributed by atoms with Gasteiger partial charge in [-0.15, -0.1) is 11.3 Å². The number of benzene rings is 2. The summed E-state index contributed by atoms with van der Waals surface area (Å²) < 4.78 is 38.3. The molecular weight excluding hydrogens is 566 g/mol. The van der Waals surface area contributed by atoms with Crippen molar-refractivity contribution in [2.45, 2.75) is 20.8 Å². The summed E-state index contributed by atoms with van der Waals surface area (Å²) in [5, 5.41) is 1.99. The van der Waals surface area contributed by atoms with Crippen LogP contribution < -0.4 is 35.3 Å². The van der Waals surface area contributed by atoms with Crippen LogP contribution in [0.15, 0.2) is 36.4 Å².